The van der Waals surface area contributed by atoms with Gasteiger partial charge in [-0.1, -0.05) is 5.16 Å². The number of nitriles is 1. The number of nitrogens with zero attached hydrogens (tertiary/aromatic N) is 3. The number of pyridine rings is 1. The van der Waals surface area contributed by atoms with Crippen LogP contribution in [0.2, 0.25) is 0 Å². The third-order valence-electron chi connectivity index (χ3n) is 1.83. The molecule has 15 heavy (non-hydrogen) atoms. The maximum atomic E-state index is 8.68. The first-order chi connectivity index (χ1) is 7.38. The second-order valence-corrected chi connectivity index (χ2v) is 2.89. The molecule has 0 amide bonds. The Morgan fingerprint density at radius 2 is 2.40 bits per heavy atom. The van der Waals surface area contributed by atoms with E-state index in [-0.39, 0.29) is 0 Å². The van der Waals surface area contributed by atoms with Gasteiger partial charge in [-0.3, -0.25) is 0 Å². The van der Waals surface area contributed by atoms with Gasteiger partial charge in [0.2, 0.25) is 0 Å². The van der Waals surface area contributed by atoms with Gasteiger partial charge < -0.3 is 9.84 Å². The summed E-state index contributed by atoms with van der Waals surface area (Å²) < 4.78 is 4.69. The van der Waals surface area contributed by atoms with E-state index in [0.29, 0.717) is 17.9 Å². The largest absolute Gasteiger partial charge is 0.364 e. The average molecular weight is 200 g/mol. The molecule has 0 unspecified atom stereocenters. The SMILES string of the molecule is N#Cc1ccnc(NCc2ccon2)c1. The highest BCUT2D eigenvalue weighted by Crippen LogP contribution is 2.07. The number of hydrogen-bond donors (Lipinski definition) is 1. The van der Waals surface area contributed by atoms with Gasteiger partial charge in [0, 0.05) is 12.3 Å². The van der Waals surface area contributed by atoms with Gasteiger partial charge in [-0.2, -0.15) is 5.26 Å². The fourth-order valence-corrected chi connectivity index (χ4v) is 1.11. The number of nitrogens with one attached hydrogen (secondary N) is 1. The second-order valence-electron chi connectivity index (χ2n) is 2.89. The molecule has 0 aliphatic rings. The Morgan fingerprint density at radius 1 is 1.47 bits per heavy atom. The highest BCUT2D eigenvalue weighted by molar-refractivity contribution is 5.42. The van der Waals surface area contributed by atoms with Crippen LogP contribution in [0, 0.1) is 11.3 Å². The molecule has 0 fully saturated rings. The normalized spacial score (nSPS) is 9.53. The van der Waals surface area contributed by atoms with E-state index < -0.39 is 0 Å². The van der Waals surface area contributed by atoms with Crippen LogP contribution in [0.25, 0.3) is 0 Å². The predicted molar refractivity (Wildman–Crippen MR) is 52.8 cm³/mol. The van der Waals surface area contributed by atoms with Crippen molar-refractivity contribution in [3.63, 3.8) is 0 Å². The van der Waals surface area contributed by atoms with Gasteiger partial charge in [-0.15, -0.1) is 0 Å². The third kappa shape index (κ3) is 2.31. The number of aromatic nitrogens is 2. The fourth-order valence-electron chi connectivity index (χ4n) is 1.11. The molecule has 0 bridgehead atoms. The Kier molecular flexibility index (Phi) is 2.61. The number of hydrogen-bond acceptors (Lipinski definition) is 5. The first kappa shape index (κ1) is 9.21. The summed E-state index contributed by atoms with van der Waals surface area (Å²) in [7, 11) is 0. The topological polar surface area (TPSA) is 74.7 Å². The van der Waals surface area contributed by atoms with Crippen molar-refractivity contribution in [2.24, 2.45) is 0 Å². The quantitative estimate of drug-likeness (QED) is 0.813. The maximum Gasteiger partial charge on any atom is 0.127 e. The summed E-state index contributed by atoms with van der Waals surface area (Å²) in [6, 6.07) is 7.15. The van der Waals surface area contributed by atoms with Crippen LogP contribution in [0.3, 0.4) is 0 Å². The highest BCUT2D eigenvalue weighted by atomic mass is 16.5. The molecular formula is C10H8N4O. The van der Waals surface area contributed by atoms with Crippen molar-refractivity contribution in [3.8, 4) is 6.07 Å². The molecule has 2 aromatic rings. The van der Waals surface area contributed by atoms with Gasteiger partial charge in [0.05, 0.1) is 18.2 Å². The lowest BCUT2D eigenvalue weighted by molar-refractivity contribution is 0.412. The summed E-state index contributed by atoms with van der Waals surface area (Å²) in [4.78, 5) is 4.07. The van der Waals surface area contributed by atoms with E-state index in [1.165, 1.54) is 6.26 Å². The summed E-state index contributed by atoms with van der Waals surface area (Å²) >= 11 is 0. The Bertz CT molecular complexity index is 472. The van der Waals surface area contributed by atoms with Crippen molar-refractivity contribution < 1.29 is 4.52 Å². The zero-order valence-electron chi connectivity index (χ0n) is 7.84. The van der Waals surface area contributed by atoms with Crippen LogP contribution in [-0.4, -0.2) is 10.1 Å². The van der Waals surface area contributed by atoms with Crippen LogP contribution < -0.4 is 5.32 Å². The lowest BCUT2D eigenvalue weighted by Crippen LogP contribution is -2.01. The average Bonchev–Trinajstić information content (AvgIpc) is 2.79. The predicted octanol–water partition coefficient (Wildman–Crippen LogP) is 1.55. The lowest BCUT2D eigenvalue weighted by atomic mass is 10.3. The first-order valence-corrected chi connectivity index (χ1v) is 4.38. The van der Waals surface area contributed by atoms with Crippen LogP contribution in [-0.2, 0) is 6.54 Å². The molecule has 0 aliphatic heterocycles. The van der Waals surface area contributed by atoms with E-state index in [1.807, 2.05) is 6.07 Å². The molecule has 2 rings (SSSR count). The summed E-state index contributed by atoms with van der Waals surface area (Å²) in [6.45, 7) is 0.526. The minimum absolute atomic E-state index is 0.526. The highest BCUT2D eigenvalue weighted by Gasteiger charge is 1.98. The zero-order valence-corrected chi connectivity index (χ0v) is 7.84. The molecule has 0 aliphatic carbocycles. The summed E-state index contributed by atoms with van der Waals surface area (Å²) in [5.41, 5.74) is 1.37. The zero-order chi connectivity index (χ0) is 10.5. The fraction of sp³-hybridized carbons (Fsp3) is 0.100. The first-order valence-electron chi connectivity index (χ1n) is 4.38. The Morgan fingerprint density at radius 3 is 3.13 bits per heavy atom. The summed E-state index contributed by atoms with van der Waals surface area (Å²) in [5, 5.41) is 15.5. The molecule has 0 aromatic carbocycles. The van der Waals surface area contributed by atoms with E-state index in [2.05, 4.69) is 20.0 Å². The molecule has 0 atom stereocenters. The van der Waals surface area contributed by atoms with Crippen LogP contribution in [0.15, 0.2) is 35.2 Å². The Labute approximate surface area is 86.3 Å². The van der Waals surface area contributed by atoms with Crippen molar-refractivity contribution in [1.82, 2.24) is 10.1 Å². The molecular weight excluding hydrogens is 192 g/mol. The molecule has 0 radical (unpaired) electrons. The van der Waals surface area contributed by atoms with Crippen molar-refractivity contribution in [2.75, 3.05) is 5.32 Å². The minimum atomic E-state index is 0.526. The molecule has 74 valence electrons. The van der Waals surface area contributed by atoms with Crippen LogP contribution in [0.5, 0.6) is 0 Å². The van der Waals surface area contributed by atoms with E-state index in [0.717, 1.165) is 5.69 Å². The van der Waals surface area contributed by atoms with Gasteiger partial charge >= 0.3 is 0 Å². The third-order valence-corrected chi connectivity index (χ3v) is 1.83. The van der Waals surface area contributed by atoms with Crippen molar-refractivity contribution in [2.45, 2.75) is 6.54 Å². The molecule has 5 heteroatoms. The molecule has 0 spiro atoms. The van der Waals surface area contributed by atoms with E-state index in [4.69, 9.17) is 5.26 Å². The summed E-state index contributed by atoms with van der Waals surface area (Å²) in [6.07, 6.45) is 3.10. The Hall–Kier alpha value is -2.35. The van der Waals surface area contributed by atoms with Crippen LogP contribution >= 0.6 is 0 Å². The van der Waals surface area contributed by atoms with Crippen molar-refractivity contribution >= 4 is 5.82 Å². The van der Waals surface area contributed by atoms with E-state index >= 15 is 0 Å². The standard InChI is InChI=1S/C10H8N4O/c11-6-8-1-3-12-10(5-8)13-7-9-2-4-15-14-9/h1-5H,7H2,(H,12,13). The van der Waals surface area contributed by atoms with Crippen LogP contribution in [0.1, 0.15) is 11.3 Å². The molecule has 5 nitrogen and oxygen atoms in total. The molecule has 0 saturated carbocycles. The van der Waals surface area contributed by atoms with E-state index in [9.17, 15) is 0 Å². The van der Waals surface area contributed by atoms with Crippen molar-refractivity contribution in [3.05, 3.63) is 41.9 Å². The van der Waals surface area contributed by atoms with Gasteiger partial charge in [-0.25, -0.2) is 4.98 Å². The smallest absolute Gasteiger partial charge is 0.127 e. The number of anilines is 1. The van der Waals surface area contributed by atoms with Gasteiger partial charge in [-0.05, 0) is 12.1 Å². The maximum absolute atomic E-state index is 8.68. The van der Waals surface area contributed by atoms with Crippen LogP contribution in [0.4, 0.5) is 5.82 Å². The number of rotatable bonds is 3. The van der Waals surface area contributed by atoms with Gasteiger partial charge in [0.25, 0.3) is 0 Å². The second kappa shape index (κ2) is 4.24. The summed E-state index contributed by atoms with van der Waals surface area (Å²) in [5.74, 6) is 0.650. The van der Waals surface area contributed by atoms with Gasteiger partial charge in [0.1, 0.15) is 17.8 Å². The molecule has 2 heterocycles. The molecule has 2 aromatic heterocycles. The monoisotopic (exact) mass is 200 g/mol. The Balaban J connectivity index is 2.02. The van der Waals surface area contributed by atoms with E-state index in [1.54, 1.807) is 24.4 Å². The van der Waals surface area contributed by atoms with Crippen molar-refractivity contribution in [1.29, 1.82) is 5.26 Å². The molecule has 0 saturated heterocycles. The lowest BCUT2D eigenvalue weighted by Gasteiger charge is -2.02. The minimum Gasteiger partial charge on any atom is -0.364 e. The van der Waals surface area contributed by atoms with Gasteiger partial charge in [0.15, 0.2) is 0 Å². The molecule has 1 N–H and O–H groups in total.